The van der Waals surface area contributed by atoms with Crippen LogP contribution in [0.5, 0.6) is 0 Å². The van der Waals surface area contributed by atoms with Crippen LogP contribution < -0.4 is 5.32 Å². The lowest BCUT2D eigenvalue weighted by molar-refractivity contribution is 0.240. The van der Waals surface area contributed by atoms with Gasteiger partial charge in [-0.2, -0.15) is 9.78 Å². The average molecular weight is 354 g/mol. The van der Waals surface area contributed by atoms with Crippen LogP contribution in [0.3, 0.4) is 0 Å². The number of amides is 1. The number of carbonyl (C=O) groups excluding carboxylic acids is 1. The molecule has 6 heteroatoms. The maximum Gasteiger partial charge on any atom is 0.342 e. The molecule has 3 aromatic rings. The number of benzene rings is 1. The Bertz CT molecular complexity index is 881. The number of carbonyl (C=O) groups is 1. The Kier molecular flexibility index (Phi) is 5.28. The summed E-state index contributed by atoms with van der Waals surface area (Å²) in [6.45, 7) is 6.70. The van der Waals surface area contributed by atoms with Crippen LogP contribution in [0, 0.1) is 0 Å². The van der Waals surface area contributed by atoms with Crippen molar-refractivity contribution < 1.29 is 4.79 Å². The van der Waals surface area contributed by atoms with Crippen molar-refractivity contribution in [2.75, 3.05) is 6.54 Å². The lowest BCUT2D eigenvalue weighted by Gasteiger charge is -2.00. The molecule has 0 fully saturated rings. The van der Waals surface area contributed by atoms with Gasteiger partial charge < -0.3 is 5.32 Å². The van der Waals surface area contributed by atoms with E-state index >= 15 is 0 Å². The monoisotopic (exact) mass is 354 g/mol. The van der Waals surface area contributed by atoms with Crippen molar-refractivity contribution in [3.63, 3.8) is 0 Å². The van der Waals surface area contributed by atoms with E-state index in [1.54, 1.807) is 17.5 Å². The van der Waals surface area contributed by atoms with Gasteiger partial charge in [-0.05, 0) is 37.5 Å². The quantitative estimate of drug-likeness (QED) is 0.740. The molecule has 1 amide bonds. The largest absolute Gasteiger partial charge is 0.342 e. The fourth-order valence-corrected chi connectivity index (χ4v) is 3.74. The number of hydrogen-bond donors (Lipinski definition) is 1. The lowest BCUT2D eigenvalue weighted by atomic mass is 10.1. The van der Waals surface area contributed by atoms with Crippen LogP contribution >= 0.6 is 11.3 Å². The van der Waals surface area contributed by atoms with E-state index in [-0.39, 0.29) is 6.03 Å². The van der Waals surface area contributed by atoms with Crippen LogP contribution in [0.15, 0.2) is 36.5 Å². The third kappa shape index (κ3) is 3.64. The minimum absolute atomic E-state index is 0.216. The highest BCUT2D eigenvalue weighted by Gasteiger charge is 2.16. The highest BCUT2D eigenvalue weighted by atomic mass is 32.1. The van der Waals surface area contributed by atoms with Gasteiger partial charge >= 0.3 is 6.03 Å². The predicted octanol–water partition coefficient (Wildman–Crippen LogP) is 4.38. The molecule has 0 aliphatic heterocycles. The Hall–Kier alpha value is -2.47. The molecule has 1 aromatic carbocycles. The second-order valence-corrected chi connectivity index (χ2v) is 6.68. The standard InChI is InChI=1S/C19H22N4OS/c1-4-13-8-7-9-14(12-13)18-21-15(5-2)17(25-18)16-10-11-23(22-16)19(24)20-6-3/h7-12H,4-6H2,1-3H3,(H,20,24). The smallest absolute Gasteiger partial charge is 0.336 e. The molecule has 3 rings (SSSR count). The van der Waals surface area contributed by atoms with Crippen molar-refractivity contribution in [3.05, 3.63) is 47.8 Å². The van der Waals surface area contributed by atoms with Gasteiger partial charge in [0.15, 0.2) is 0 Å². The van der Waals surface area contributed by atoms with Gasteiger partial charge in [-0.1, -0.05) is 32.0 Å². The Morgan fingerprint density at radius 1 is 1.20 bits per heavy atom. The first-order valence-electron chi connectivity index (χ1n) is 8.59. The van der Waals surface area contributed by atoms with Crippen molar-refractivity contribution in [2.45, 2.75) is 33.6 Å². The number of aryl methyl sites for hydroxylation is 2. The van der Waals surface area contributed by atoms with Crippen LogP contribution in [0.1, 0.15) is 32.0 Å². The van der Waals surface area contributed by atoms with E-state index in [9.17, 15) is 4.79 Å². The van der Waals surface area contributed by atoms with Crippen LogP contribution in [-0.2, 0) is 12.8 Å². The summed E-state index contributed by atoms with van der Waals surface area (Å²) in [6.07, 6.45) is 3.52. The third-order valence-electron chi connectivity index (χ3n) is 3.97. The fraction of sp³-hybridized carbons (Fsp3) is 0.316. The number of nitrogens with one attached hydrogen (secondary N) is 1. The molecule has 130 valence electrons. The molecule has 2 aromatic heterocycles. The molecule has 1 N–H and O–H groups in total. The first kappa shape index (κ1) is 17.4. The van der Waals surface area contributed by atoms with Crippen molar-refractivity contribution >= 4 is 17.4 Å². The lowest BCUT2D eigenvalue weighted by Crippen LogP contribution is -2.28. The van der Waals surface area contributed by atoms with Crippen molar-refractivity contribution in [1.29, 1.82) is 0 Å². The molecule has 5 nitrogen and oxygen atoms in total. The van der Waals surface area contributed by atoms with Crippen LogP contribution in [0.4, 0.5) is 4.79 Å². The Morgan fingerprint density at radius 2 is 2.04 bits per heavy atom. The molecule has 0 radical (unpaired) electrons. The summed E-state index contributed by atoms with van der Waals surface area (Å²) < 4.78 is 1.34. The zero-order valence-electron chi connectivity index (χ0n) is 14.7. The van der Waals surface area contributed by atoms with Gasteiger partial charge in [0.05, 0.1) is 10.6 Å². The highest BCUT2D eigenvalue weighted by Crippen LogP contribution is 2.35. The van der Waals surface area contributed by atoms with Gasteiger partial charge in [-0.3, -0.25) is 0 Å². The van der Waals surface area contributed by atoms with Gasteiger partial charge in [0.2, 0.25) is 0 Å². The molecule has 0 aliphatic carbocycles. The van der Waals surface area contributed by atoms with Gasteiger partial charge in [0, 0.05) is 18.3 Å². The minimum Gasteiger partial charge on any atom is -0.336 e. The Labute approximate surface area is 151 Å². The second-order valence-electron chi connectivity index (χ2n) is 5.68. The minimum atomic E-state index is -0.216. The molecule has 0 saturated heterocycles. The van der Waals surface area contributed by atoms with Crippen molar-refractivity contribution in [3.8, 4) is 21.1 Å². The summed E-state index contributed by atoms with van der Waals surface area (Å²) in [5.74, 6) is 0. The SMILES string of the molecule is CCNC(=O)n1ccc(-c2sc(-c3cccc(CC)c3)nc2CC)n1. The second kappa shape index (κ2) is 7.61. The van der Waals surface area contributed by atoms with Gasteiger partial charge in [0.1, 0.15) is 10.7 Å². The summed E-state index contributed by atoms with van der Waals surface area (Å²) in [5, 5.41) is 8.17. The summed E-state index contributed by atoms with van der Waals surface area (Å²) >= 11 is 1.63. The molecule has 0 unspecified atom stereocenters. The van der Waals surface area contributed by atoms with Crippen LogP contribution in [0.25, 0.3) is 21.1 Å². The number of nitrogens with zero attached hydrogens (tertiary/aromatic N) is 3. The molecule has 0 saturated carbocycles. The third-order valence-corrected chi connectivity index (χ3v) is 5.14. The molecule has 0 atom stereocenters. The summed E-state index contributed by atoms with van der Waals surface area (Å²) in [4.78, 5) is 17.8. The zero-order valence-corrected chi connectivity index (χ0v) is 15.6. The first-order chi connectivity index (χ1) is 12.2. The molecule has 25 heavy (non-hydrogen) atoms. The van der Waals surface area contributed by atoms with E-state index in [1.807, 2.05) is 13.0 Å². The molecular weight excluding hydrogens is 332 g/mol. The van der Waals surface area contributed by atoms with Crippen LogP contribution in [-0.4, -0.2) is 27.3 Å². The van der Waals surface area contributed by atoms with Gasteiger partial charge in [0.25, 0.3) is 0 Å². The van der Waals surface area contributed by atoms with Crippen molar-refractivity contribution in [1.82, 2.24) is 20.1 Å². The van der Waals surface area contributed by atoms with E-state index in [0.29, 0.717) is 6.54 Å². The molecule has 0 spiro atoms. The van der Waals surface area contributed by atoms with E-state index in [4.69, 9.17) is 4.98 Å². The van der Waals surface area contributed by atoms with Gasteiger partial charge in [-0.25, -0.2) is 9.78 Å². The molecule has 0 bridgehead atoms. The van der Waals surface area contributed by atoms with Crippen molar-refractivity contribution in [2.24, 2.45) is 0 Å². The molecule has 0 aliphatic rings. The maximum absolute atomic E-state index is 11.9. The topological polar surface area (TPSA) is 59.8 Å². The highest BCUT2D eigenvalue weighted by molar-refractivity contribution is 7.18. The Balaban J connectivity index is 1.97. The maximum atomic E-state index is 11.9. The van der Waals surface area contributed by atoms with E-state index in [1.165, 1.54) is 10.2 Å². The Morgan fingerprint density at radius 3 is 2.76 bits per heavy atom. The molecule has 2 heterocycles. The fourth-order valence-electron chi connectivity index (χ4n) is 2.63. The normalized spacial score (nSPS) is 10.8. The summed E-state index contributed by atoms with van der Waals surface area (Å²) in [5.41, 5.74) is 4.24. The van der Waals surface area contributed by atoms with E-state index in [2.05, 4.69) is 48.5 Å². The summed E-state index contributed by atoms with van der Waals surface area (Å²) in [7, 11) is 0. The zero-order chi connectivity index (χ0) is 17.8. The summed E-state index contributed by atoms with van der Waals surface area (Å²) in [6, 6.07) is 10.1. The predicted molar refractivity (Wildman–Crippen MR) is 102 cm³/mol. The first-order valence-corrected chi connectivity index (χ1v) is 9.41. The number of rotatable bonds is 5. The van der Waals surface area contributed by atoms with E-state index < -0.39 is 0 Å². The molecular formula is C19H22N4OS. The number of hydrogen-bond acceptors (Lipinski definition) is 4. The average Bonchev–Trinajstić information content (AvgIpc) is 3.28. The van der Waals surface area contributed by atoms with Gasteiger partial charge in [-0.15, -0.1) is 11.3 Å². The van der Waals surface area contributed by atoms with E-state index in [0.717, 1.165) is 39.7 Å². The van der Waals surface area contributed by atoms with Crippen LogP contribution in [0.2, 0.25) is 0 Å². The number of thiazole rings is 1. The number of aromatic nitrogens is 3.